The highest BCUT2D eigenvalue weighted by molar-refractivity contribution is 6.21. The molecule has 1 atom stereocenters. The zero-order chi connectivity index (χ0) is 20.9. The van der Waals surface area contributed by atoms with Crippen LogP contribution < -0.4 is 19.4 Å². The monoisotopic (exact) mass is 410 g/mol. The molecule has 0 bridgehead atoms. The van der Waals surface area contributed by atoms with Crippen molar-refractivity contribution in [3.05, 3.63) is 54.4 Å². The van der Waals surface area contributed by atoms with Crippen molar-refractivity contribution in [1.29, 1.82) is 0 Å². The molecule has 7 heteroatoms. The lowest BCUT2D eigenvalue weighted by atomic mass is 10.1. The predicted octanol–water partition coefficient (Wildman–Crippen LogP) is -0.862. The maximum atomic E-state index is 13.1. The zero-order valence-electron chi connectivity index (χ0n) is 17.5. The topological polar surface area (TPSA) is 68.4 Å². The van der Waals surface area contributed by atoms with E-state index in [2.05, 4.69) is 17.1 Å². The highest BCUT2D eigenvalue weighted by Gasteiger charge is 2.46. The van der Waals surface area contributed by atoms with Gasteiger partial charge in [-0.2, -0.15) is 0 Å². The van der Waals surface area contributed by atoms with E-state index < -0.39 is 0 Å². The van der Waals surface area contributed by atoms with Gasteiger partial charge in [0.15, 0.2) is 6.04 Å². The number of benzene rings is 1. The summed E-state index contributed by atoms with van der Waals surface area (Å²) in [6.07, 6.45) is 5.02. The molecular weight excluding hydrogens is 380 g/mol. The highest BCUT2D eigenvalue weighted by atomic mass is 16.5. The fourth-order valence-corrected chi connectivity index (χ4v) is 4.47. The van der Waals surface area contributed by atoms with Crippen LogP contribution in [-0.4, -0.2) is 62.2 Å². The molecule has 0 aliphatic carbocycles. The van der Waals surface area contributed by atoms with Gasteiger partial charge in [-0.1, -0.05) is 0 Å². The molecule has 4 rings (SSSR count). The number of carbonyl (C=O) groups is 2. The zero-order valence-corrected chi connectivity index (χ0v) is 17.5. The Morgan fingerprint density at radius 2 is 1.73 bits per heavy atom. The Balaban J connectivity index is 1.32. The van der Waals surface area contributed by atoms with E-state index >= 15 is 0 Å². The molecule has 0 saturated carbocycles. The number of anilines is 1. The number of piperazine rings is 1. The molecule has 2 N–H and O–H groups in total. The Morgan fingerprint density at radius 1 is 1.03 bits per heavy atom. The molecule has 1 aromatic heterocycles. The van der Waals surface area contributed by atoms with Gasteiger partial charge in [0.25, 0.3) is 5.91 Å². The van der Waals surface area contributed by atoms with Crippen molar-refractivity contribution in [1.82, 2.24) is 4.98 Å². The second kappa shape index (κ2) is 9.36. The first-order valence-corrected chi connectivity index (χ1v) is 10.8. The van der Waals surface area contributed by atoms with Crippen LogP contribution in [0.3, 0.4) is 0 Å². The first-order valence-electron chi connectivity index (χ1n) is 10.8. The molecule has 3 heterocycles. The number of aromatic nitrogens is 1. The van der Waals surface area contributed by atoms with E-state index in [0.717, 1.165) is 44.9 Å². The third-order valence-electron chi connectivity index (χ3n) is 6.16. The number of carbonyl (C=O) groups excluding carboxylic acids is 2. The Bertz CT molecular complexity index is 864. The second-order valence-corrected chi connectivity index (χ2v) is 8.01. The van der Waals surface area contributed by atoms with E-state index in [1.807, 2.05) is 31.5 Å². The van der Waals surface area contributed by atoms with Crippen LogP contribution in [0.15, 0.2) is 48.8 Å². The first kappa shape index (κ1) is 20.5. The Hall–Kier alpha value is -2.77. The predicted molar refractivity (Wildman–Crippen MR) is 113 cm³/mol. The van der Waals surface area contributed by atoms with Gasteiger partial charge in [-0.15, -0.1) is 0 Å². The van der Waals surface area contributed by atoms with Crippen LogP contribution >= 0.6 is 0 Å². The summed E-state index contributed by atoms with van der Waals surface area (Å²) in [5.41, 5.74) is 1.95. The molecule has 0 spiro atoms. The summed E-state index contributed by atoms with van der Waals surface area (Å²) in [7, 11) is 0. The maximum absolute atomic E-state index is 13.1. The standard InChI is InChI=1S/C23H28N4O3/c1-2-30-20-5-3-19(4-6-20)27-22(28)17-21(23(27)29)26-15-13-25(14-16-26)12-9-18-7-10-24-11-8-18/h3-8,10-11,21H,2,9,12-17H2,1H3/p+2/t21-/m1/s1. The number of nitrogens with zero attached hydrogens (tertiary/aromatic N) is 2. The third-order valence-corrected chi connectivity index (χ3v) is 6.16. The van der Waals surface area contributed by atoms with E-state index in [1.54, 1.807) is 17.0 Å². The van der Waals surface area contributed by atoms with Crippen LogP contribution in [0.5, 0.6) is 5.75 Å². The number of nitrogens with one attached hydrogen (secondary N) is 2. The van der Waals surface area contributed by atoms with Gasteiger partial charge in [0.05, 0.1) is 25.3 Å². The lowest BCUT2D eigenvalue weighted by molar-refractivity contribution is -1.02. The van der Waals surface area contributed by atoms with Crippen LogP contribution in [0.1, 0.15) is 18.9 Å². The van der Waals surface area contributed by atoms with E-state index in [1.165, 1.54) is 15.4 Å². The minimum absolute atomic E-state index is 0.0700. The van der Waals surface area contributed by atoms with E-state index in [4.69, 9.17) is 4.74 Å². The van der Waals surface area contributed by atoms with Gasteiger partial charge in [0.1, 0.15) is 31.9 Å². The average molecular weight is 411 g/mol. The summed E-state index contributed by atoms with van der Waals surface area (Å²) in [5, 5.41) is 0. The fourth-order valence-electron chi connectivity index (χ4n) is 4.47. The SMILES string of the molecule is CCOc1ccc(N2C(=O)C[C@@H]([NH+]3CC[NH+](CCc4ccncc4)CC3)C2=O)cc1. The highest BCUT2D eigenvalue weighted by Crippen LogP contribution is 2.24. The van der Waals surface area contributed by atoms with Crippen molar-refractivity contribution in [2.75, 3.05) is 44.2 Å². The summed E-state index contributed by atoms with van der Waals surface area (Å²) in [6.45, 7) is 7.51. The molecule has 0 unspecified atom stereocenters. The van der Waals surface area contributed by atoms with Crippen molar-refractivity contribution in [2.24, 2.45) is 0 Å². The van der Waals surface area contributed by atoms with Crippen molar-refractivity contribution < 1.29 is 24.1 Å². The number of hydrogen-bond donors (Lipinski definition) is 2. The van der Waals surface area contributed by atoms with Crippen molar-refractivity contribution in [3.8, 4) is 5.75 Å². The normalized spacial score (nSPS) is 24.3. The summed E-state index contributed by atoms with van der Waals surface area (Å²) in [6, 6.07) is 11.1. The van der Waals surface area contributed by atoms with E-state index in [-0.39, 0.29) is 17.9 Å². The van der Waals surface area contributed by atoms with Gasteiger partial charge < -0.3 is 14.5 Å². The summed E-state index contributed by atoms with van der Waals surface area (Å²) in [5.74, 6) is 0.571. The second-order valence-electron chi connectivity index (χ2n) is 8.01. The summed E-state index contributed by atoms with van der Waals surface area (Å²) < 4.78 is 5.45. The Morgan fingerprint density at radius 3 is 2.40 bits per heavy atom. The lowest BCUT2D eigenvalue weighted by Crippen LogP contribution is -3.30. The quantitative estimate of drug-likeness (QED) is 0.583. The number of ether oxygens (including phenoxy) is 1. The van der Waals surface area contributed by atoms with Crippen LogP contribution in [0.25, 0.3) is 0 Å². The van der Waals surface area contributed by atoms with Crippen LogP contribution in [0.2, 0.25) is 0 Å². The van der Waals surface area contributed by atoms with Crippen molar-refractivity contribution >= 4 is 17.5 Å². The largest absolute Gasteiger partial charge is 0.494 e. The van der Waals surface area contributed by atoms with E-state index in [0.29, 0.717) is 18.7 Å². The molecule has 7 nitrogen and oxygen atoms in total. The Kier molecular flexibility index (Phi) is 6.40. The van der Waals surface area contributed by atoms with Crippen molar-refractivity contribution in [2.45, 2.75) is 25.8 Å². The number of imide groups is 1. The van der Waals surface area contributed by atoms with Gasteiger partial charge >= 0.3 is 0 Å². The summed E-state index contributed by atoms with van der Waals surface area (Å²) >= 11 is 0. The van der Waals surface area contributed by atoms with Gasteiger partial charge in [0, 0.05) is 18.8 Å². The first-order chi connectivity index (χ1) is 14.7. The molecule has 2 fully saturated rings. The summed E-state index contributed by atoms with van der Waals surface area (Å²) in [4.78, 5) is 33.9. The van der Waals surface area contributed by atoms with Gasteiger partial charge in [-0.25, -0.2) is 4.90 Å². The van der Waals surface area contributed by atoms with Crippen molar-refractivity contribution in [3.63, 3.8) is 0 Å². The Labute approximate surface area is 177 Å². The maximum Gasteiger partial charge on any atom is 0.292 e. The minimum Gasteiger partial charge on any atom is -0.494 e. The number of amides is 2. The molecule has 30 heavy (non-hydrogen) atoms. The van der Waals surface area contributed by atoms with Gasteiger partial charge in [-0.05, 0) is 48.9 Å². The number of quaternary nitrogens is 2. The number of rotatable bonds is 7. The number of pyridine rings is 1. The molecule has 158 valence electrons. The van der Waals surface area contributed by atoms with E-state index in [9.17, 15) is 9.59 Å². The molecular formula is C23H30N4O3+2. The van der Waals surface area contributed by atoms with Gasteiger partial charge in [0.2, 0.25) is 5.91 Å². The smallest absolute Gasteiger partial charge is 0.292 e. The molecule has 2 aliphatic rings. The number of hydrogen-bond acceptors (Lipinski definition) is 4. The average Bonchev–Trinajstić information content (AvgIpc) is 3.08. The molecule has 1 aromatic carbocycles. The van der Waals surface area contributed by atoms with Crippen LogP contribution in [0.4, 0.5) is 5.69 Å². The third kappa shape index (κ3) is 4.52. The lowest BCUT2D eigenvalue weighted by Gasteiger charge is -2.32. The molecule has 0 radical (unpaired) electrons. The molecule has 2 aliphatic heterocycles. The van der Waals surface area contributed by atoms with Crippen LogP contribution in [0, 0.1) is 0 Å². The van der Waals surface area contributed by atoms with Gasteiger partial charge in [-0.3, -0.25) is 14.6 Å². The fraction of sp³-hybridized carbons (Fsp3) is 0.435. The minimum atomic E-state index is -0.259. The molecule has 2 amide bonds. The van der Waals surface area contributed by atoms with Crippen LogP contribution in [-0.2, 0) is 16.0 Å². The molecule has 2 saturated heterocycles. The molecule has 2 aromatic rings.